The van der Waals surface area contributed by atoms with Crippen LogP contribution >= 0.6 is 0 Å². The second kappa shape index (κ2) is 6.48. The van der Waals surface area contributed by atoms with E-state index in [-0.39, 0.29) is 0 Å². The Morgan fingerprint density at radius 1 is 1.39 bits per heavy atom. The van der Waals surface area contributed by atoms with Crippen molar-refractivity contribution in [1.82, 2.24) is 5.32 Å². The second-order valence-corrected chi connectivity index (χ2v) is 6.81. The summed E-state index contributed by atoms with van der Waals surface area (Å²) in [5.41, 5.74) is 1.19. The van der Waals surface area contributed by atoms with Crippen LogP contribution in [-0.2, 0) is 10.8 Å². The lowest BCUT2D eigenvalue weighted by atomic mass is 10.0. The molecule has 2 rings (SSSR count). The smallest absolute Gasteiger partial charge is 0.0529 e. The van der Waals surface area contributed by atoms with E-state index in [0.717, 1.165) is 17.1 Å². The molecule has 1 aliphatic rings. The maximum Gasteiger partial charge on any atom is 0.0529 e. The van der Waals surface area contributed by atoms with Crippen molar-refractivity contribution >= 4 is 10.8 Å². The standard InChI is InChI=1S/C15H23NOS/c1-12-5-3-7-14(11-12)18(17)10-9-13-6-4-8-15(13)16-2/h3,5,7,11,13,15-16H,4,6,8-10H2,1-2H3. The Morgan fingerprint density at radius 2 is 2.22 bits per heavy atom. The maximum absolute atomic E-state index is 12.2. The highest BCUT2D eigenvalue weighted by Crippen LogP contribution is 2.28. The third-order valence-electron chi connectivity index (χ3n) is 3.96. The van der Waals surface area contributed by atoms with E-state index >= 15 is 0 Å². The number of nitrogens with one attached hydrogen (secondary N) is 1. The third-order valence-corrected chi connectivity index (χ3v) is 5.34. The lowest BCUT2D eigenvalue weighted by molar-refractivity contribution is 0.416. The highest BCUT2D eigenvalue weighted by atomic mass is 32.2. The summed E-state index contributed by atoms with van der Waals surface area (Å²) in [6.07, 6.45) is 4.95. The Kier molecular flexibility index (Phi) is 4.95. The van der Waals surface area contributed by atoms with E-state index in [1.807, 2.05) is 25.2 Å². The molecule has 3 atom stereocenters. The lowest BCUT2D eigenvalue weighted by Crippen LogP contribution is -2.29. The summed E-state index contributed by atoms with van der Waals surface area (Å²) < 4.78 is 12.2. The Morgan fingerprint density at radius 3 is 2.94 bits per heavy atom. The number of rotatable bonds is 5. The normalized spacial score (nSPS) is 25.2. The number of hydrogen-bond acceptors (Lipinski definition) is 2. The van der Waals surface area contributed by atoms with Crippen LogP contribution in [0.2, 0.25) is 0 Å². The molecule has 3 heteroatoms. The van der Waals surface area contributed by atoms with E-state index in [0.29, 0.717) is 12.0 Å². The molecule has 1 N–H and O–H groups in total. The maximum atomic E-state index is 12.2. The first-order valence-corrected chi connectivity index (χ1v) is 8.15. The lowest BCUT2D eigenvalue weighted by Gasteiger charge is -2.18. The molecule has 3 unspecified atom stereocenters. The third kappa shape index (κ3) is 3.42. The summed E-state index contributed by atoms with van der Waals surface area (Å²) in [7, 11) is 1.21. The minimum absolute atomic E-state index is 0.638. The highest BCUT2D eigenvalue weighted by molar-refractivity contribution is 7.85. The topological polar surface area (TPSA) is 29.1 Å². The van der Waals surface area contributed by atoms with Crippen LogP contribution in [-0.4, -0.2) is 23.1 Å². The Bertz CT molecular complexity index is 419. The van der Waals surface area contributed by atoms with Crippen LogP contribution in [0.5, 0.6) is 0 Å². The van der Waals surface area contributed by atoms with Crippen LogP contribution in [0.1, 0.15) is 31.2 Å². The summed E-state index contributed by atoms with van der Waals surface area (Å²) in [6, 6.07) is 8.70. The zero-order chi connectivity index (χ0) is 13.0. The van der Waals surface area contributed by atoms with E-state index in [9.17, 15) is 4.21 Å². The Labute approximate surface area is 113 Å². The quantitative estimate of drug-likeness (QED) is 0.887. The van der Waals surface area contributed by atoms with Gasteiger partial charge < -0.3 is 5.32 Å². The van der Waals surface area contributed by atoms with Gasteiger partial charge in [0.05, 0.1) is 10.8 Å². The Balaban J connectivity index is 1.88. The minimum Gasteiger partial charge on any atom is -0.317 e. The molecule has 0 radical (unpaired) electrons. The van der Waals surface area contributed by atoms with Crippen molar-refractivity contribution in [3.8, 4) is 0 Å². The van der Waals surface area contributed by atoms with E-state index in [4.69, 9.17) is 0 Å². The van der Waals surface area contributed by atoms with Crippen molar-refractivity contribution in [3.05, 3.63) is 29.8 Å². The summed E-state index contributed by atoms with van der Waals surface area (Å²) >= 11 is 0. The van der Waals surface area contributed by atoms with Crippen molar-refractivity contribution in [2.45, 2.75) is 43.5 Å². The van der Waals surface area contributed by atoms with Gasteiger partial charge in [-0.2, -0.15) is 0 Å². The van der Waals surface area contributed by atoms with Crippen molar-refractivity contribution in [2.75, 3.05) is 12.8 Å². The van der Waals surface area contributed by atoms with Gasteiger partial charge in [0.25, 0.3) is 0 Å². The predicted octanol–water partition coefficient (Wildman–Crippen LogP) is 2.88. The molecule has 0 bridgehead atoms. The molecule has 1 aliphatic carbocycles. The van der Waals surface area contributed by atoms with Crippen LogP contribution in [0.3, 0.4) is 0 Å². The molecule has 2 nitrogen and oxygen atoms in total. The minimum atomic E-state index is -0.834. The van der Waals surface area contributed by atoms with Gasteiger partial charge in [0.2, 0.25) is 0 Å². The van der Waals surface area contributed by atoms with Crippen LogP contribution in [0, 0.1) is 12.8 Å². The van der Waals surface area contributed by atoms with E-state index in [2.05, 4.69) is 18.3 Å². The van der Waals surface area contributed by atoms with Gasteiger partial charge in [0, 0.05) is 16.7 Å². The number of hydrogen-bond donors (Lipinski definition) is 1. The van der Waals surface area contributed by atoms with Gasteiger partial charge in [0.1, 0.15) is 0 Å². The average Bonchev–Trinajstić information content (AvgIpc) is 2.83. The zero-order valence-electron chi connectivity index (χ0n) is 11.3. The van der Waals surface area contributed by atoms with Crippen LogP contribution in [0.15, 0.2) is 29.2 Å². The fourth-order valence-electron chi connectivity index (χ4n) is 2.90. The van der Waals surface area contributed by atoms with Crippen molar-refractivity contribution in [2.24, 2.45) is 5.92 Å². The molecular formula is C15H23NOS. The molecule has 1 saturated carbocycles. The first-order chi connectivity index (χ1) is 8.70. The molecule has 0 saturated heterocycles. The molecule has 0 amide bonds. The van der Waals surface area contributed by atoms with Gasteiger partial charge in [-0.1, -0.05) is 18.6 Å². The van der Waals surface area contributed by atoms with Gasteiger partial charge in [-0.05, 0) is 56.8 Å². The molecular weight excluding hydrogens is 242 g/mol. The van der Waals surface area contributed by atoms with Crippen LogP contribution < -0.4 is 5.32 Å². The molecule has 100 valence electrons. The van der Waals surface area contributed by atoms with E-state index in [1.54, 1.807) is 0 Å². The number of aryl methyl sites for hydroxylation is 1. The highest BCUT2D eigenvalue weighted by Gasteiger charge is 2.25. The van der Waals surface area contributed by atoms with Crippen molar-refractivity contribution in [3.63, 3.8) is 0 Å². The first kappa shape index (κ1) is 13.8. The summed E-state index contributed by atoms with van der Waals surface area (Å²) in [5, 5.41) is 3.39. The fraction of sp³-hybridized carbons (Fsp3) is 0.600. The van der Waals surface area contributed by atoms with E-state index < -0.39 is 10.8 Å². The van der Waals surface area contributed by atoms with Crippen molar-refractivity contribution in [1.29, 1.82) is 0 Å². The monoisotopic (exact) mass is 265 g/mol. The van der Waals surface area contributed by atoms with E-state index in [1.165, 1.54) is 24.8 Å². The zero-order valence-corrected chi connectivity index (χ0v) is 12.1. The summed E-state index contributed by atoms with van der Waals surface area (Å²) in [4.78, 5) is 0.981. The SMILES string of the molecule is CNC1CCCC1CCS(=O)c1cccc(C)c1. The molecule has 0 spiro atoms. The summed E-state index contributed by atoms with van der Waals surface area (Å²) in [5.74, 6) is 1.51. The van der Waals surface area contributed by atoms with Gasteiger partial charge in [-0.15, -0.1) is 0 Å². The Hall–Kier alpha value is -0.670. The van der Waals surface area contributed by atoms with Crippen LogP contribution in [0.4, 0.5) is 0 Å². The first-order valence-electron chi connectivity index (χ1n) is 6.83. The van der Waals surface area contributed by atoms with Crippen molar-refractivity contribution < 1.29 is 4.21 Å². The molecule has 1 aromatic carbocycles. The molecule has 1 fully saturated rings. The molecule has 0 heterocycles. The molecule has 0 aliphatic heterocycles. The largest absolute Gasteiger partial charge is 0.317 e. The molecule has 18 heavy (non-hydrogen) atoms. The second-order valence-electron chi connectivity index (χ2n) is 5.24. The molecule has 0 aromatic heterocycles. The number of benzene rings is 1. The average molecular weight is 265 g/mol. The van der Waals surface area contributed by atoms with Gasteiger partial charge >= 0.3 is 0 Å². The van der Waals surface area contributed by atoms with Gasteiger partial charge in [-0.3, -0.25) is 4.21 Å². The fourth-order valence-corrected chi connectivity index (χ4v) is 4.20. The molecule has 1 aromatic rings. The predicted molar refractivity (Wildman–Crippen MR) is 77.3 cm³/mol. The van der Waals surface area contributed by atoms with Gasteiger partial charge in [-0.25, -0.2) is 0 Å². The summed E-state index contributed by atoms with van der Waals surface area (Å²) in [6.45, 7) is 2.05. The van der Waals surface area contributed by atoms with Crippen LogP contribution in [0.25, 0.3) is 0 Å². The van der Waals surface area contributed by atoms with Gasteiger partial charge in [0.15, 0.2) is 0 Å².